The lowest BCUT2D eigenvalue weighted by molar-refractivity contribution is 0.0942. The lowest BCUT2D eigenvalue weighted by atomic mass is 10.3. The van der Waals surface area contributed by atoms with Crippen molar-refractivity contribution in [3.05, 3.63) is 24.0 Å². The minimum atomic E-state index is -1.12. The van der Waals surface area contributed by atoms with Crippen LogP contribution in [0.2, 0.25) is 51.4 Å². The molecule has 0 spiro atoms. The van der Waals surface area contributed by atoms with Crippen LogP contribution in [0.1, 0.15) is 5.69 Å². The second-order valence-electron chi connectivity index (χ2n) is 9.98. The first-order valence-electron chi connectivity index (χ1n) is 10.5. The second kappa shape index (κ2) is 10.7. The van der Waals surface area contributed by atoms with Crippen LogP contribution < -0.4 is 10.6 Å². The van der Waals surface area contributed by atoms with Gasteiger partial charge in [0.1, 0.15) is 19.3 Å². The fourth-order valence-electron chi connectivity index (χ4n) is 2.72. The Balaban J connectivity index is 2.14. The lowest BCUT2D eigenvalue weighted by Crippen LogP contribution is -2.33. The zero-order chi connectivity index (χ0) is 21.5. The average molecular weight is 438 g/mol. The van der Waals surface area contributed by atoms with Crippen molar-refractivity contribution >= 4 is 27.6 Å². The van der Waals surface area contributed by atoms with Crippen molar-refractivity contribution in [1.82, 2.24) is 14.6 Å². The van der Waals surface area contributed by atoms with Gasteiger partial charge in [-0.15, -0.1) is 0 Å². The van der Waals surface area contributed by atoms with E-state index in [9.17, 15) is 0 Å². The highest BCUT2D eigenvalue weighted by Gasteiger charge is 2.17. The Hall–Kier alpha value is -1.27. The summed E-state index contributed by atoms with van der Waals surface area (Å²) in [6, 6.07) is 6.25. The maximum atomic E-state index is 6.05. The van der Waals surface area contributed by atoms with Gasteiger partial charge in [-0.2, -0.15) is 9.61 Å². The fraction of sp³-hybridized carbons (Fsp3) is 0.700. The molecule has 0 aliphatic heterocycles. The van der Waals surface area contributed by atoms with Crippen LogP contribution in [0.15, 0.2) is 18.3 Å². The smallest absolute Gasteiger partial charge is 0.157 e. The molecule has 7 nitrogen and oxygen atoms in total. The van der Waals surface area contributed by atoms with Gasteiger partial charge in [0.05, 0.1) is 6.20 Å². The maximum absolute atomic E-state index is 6.05. The van der Waals surface area contributed by atoms with Gasteiger partial charge in [-0.3, -0.25) is 0 Å². The van der Waals surface area contributed by atoms with Crippen LogP contribution in [0, 0.1) is 0 Å². The van der Waals surface area contributed by atoms with E-state index in [0.717, 1.165) is 48.9 Å². The van der Waals surface area contributed by atoms with Crippen LogP contribution >= 0.6 is 0 Å². The van der Waals surface area contributed by atoms with Crippen LogP contribution in [-0.2, 0) is 15.9 Å². The third-order valence-electron chi connectivity index (χ3n) is 4.61. The summed E-state index contributed by atoms with van der Waals surface area (Å²) in [6.07, 6.45) is 2.50. The molecule has 0 aliphatic carbocycles. The Bertz CT molecular complexity index is 733. The summed E-state index contributed by atoms with van der Waals surface area (Å²) in [6.45, 7) is 17.2. The minimum absolute atomic E-state index is 0.471. The molecule has 2 aromatic heterocycles. The van der Waals surface area contributed by atoms with E-state index in [-0.39, 0.29) is 0 Å². The number of hydrogen-bond acceptors (Lipinski definition) is 6. The predicted octanol–water partition coefficient (Wildman–Crippen LogP) is 3.66. The molecule has 0 amide bonds. The maximum Gasteiger partial charge on any atom is 0.157 e. The monoisotopic (exact) mass is 437 g/mol. The van der Waals surface area contributed by atoms with Gasteiger partial charge in [0.2, 0.25) is 0 Å². The van der Waals surface area contributed by atoms with Crippen molar-refractivity contribution < 1.29 is 9.47 Å². The van der Waals surface area contributed by atoms with Crippen LogP contribution in [0.25, 0.3) is 5.65 Å². The summed E-state index contributed by atoms with van der Waals surface area (Å²) in [5, 5.41) is 4.46. The SMILES string of the molecule is C[Si](C)(C)CCOCN(COCC[Si](C)(C)C)c1cc(CCN)nc2ccnn12. The molecule has 2 aromatic rings. The van der Waals surface area contributed by atoms with E-state index in [2.05, 4.69) is 60.3 Å². The summed E-state index contributed by atoms with van der Waals surface area (Å²) in [5.74, 6) is 0.935. The summed E-state index contributed by atoms with van der Waals surface area (Å²) < 4.78 is 14.0. The quantitative estimate of drug-likeness (QED) is 0.293. The second-order valence-corrected chi connectivity index (χ2v) is 21.2. The number of nitrogens with two attached hydrogens (primary N) is 1. The molecule has 164 valence electrons. The van der Waals surface area contributed by atoms with Gasteiger partial charge in [0.25, 0.3) is 0 Å². The molecule has 0 aromatic carbocycles. The highest BCUT2D eigenvalue weighted by molar-refractivity contribution is 6.76. The highest BCUT2D eigenvalue weighted by Crippen LogP contribution is 2.19. The summed E-state index contributed by atoms with van der Waals surface area (Å²) in [4.78, 5) is 6.76. The molecule has 0 saturated carbocycles. The van der Waals surface area contributed by atoms with E-state index in [0.29, 0.717) is 20.0 Å². The third-order valence-corrected chi connectivity index (χ3v) is 8.01. The lowest BCUT2D eigenvalue weighted by Gasteiger charge is -2.26. The van der Waals surface area contributed by atoms with Gasteiger partial charge in [0.15, 0.2) is 5.65 Å². The van der Waals surface area contributed by atoms with Crippen molar-refractivity contribution in [2.24, 2.45) is 5.73 Å². The van der Waals surface area contributed by atoms with Crippen molar-refractivity contribution in [3.8, 4) is 0 Å². The van der Waals surface area contributed by atoms with E-state index in [1.165, 1.54) is 0 Å². The standard InChI is InChI=1S/C20H39N5O2Si2/c1-28(2,3)13-11-26-16-24(17-27-12-14-29(4,5)6)20-15-18(7-9-21)23-19-8-10-22-25(19)20/h8,10,15H,7,9,11-14,16-17,21H2,1-6H3. The molecule has 0 atom stereocenters. The summed E-state index contributed by atoms with van der Waals surface area (Å²) >= 11 is 0. The molecular formula is C20H39N5O2Si2. The largest absolute Gasteiger partial charge is 0.361 e. The minimum Gasteiger partial charge on any atom is -0.361 e. The first-order valence-corrected chi connectivity index (χ1v) is 17.9. The molecular weight excluding hydrogens is 398 g/mol. The van der Waals surface area contributed by atoms with Crippen molar-refractivity contribution in [3.63, 3.8) is 0 Å². The van der Waals surface area contributed by atoms with Gasteiger partial charge in [-0.25, -0.2) is 4.98 Å². The van der Waals surface area contributed by atoms with Crippen LogP contribution in [0.4, 0.5) is 5.82 Å². The number of rotatable bonds is 13. The van der Waals surface area contributed by atoms with Gasteiger partial charge in [0, 0.05) is 53.6 Å². The van der Waals surface area contributed by atoms with Gasteiger partial charge in [-0.05, 0) is 18.6 Å². The molecule has 29 heavy (non-hydrogen) atoms. The molecule has 0 saturated heterocycles. The van der Waals surface area contributed by atoms with E-state index >= 15 is 0 Å². The van der Waals surface area contributed by atoms with Crippen molar-refractivity contribution in [1.29, 1.82) is 0 Å². The van der Waals surface area contributed by atoms with Crippen molar-refractivity contribution in [2.45, 2.75) is 57.8 Å². The topological polar surface area (TPSA) is 77.9 Å². The fourth-order valence-corrected chi connectivity index (χ4v) is 4.24. The van der Waals surface area contributed by atoms with E-state index in [1.54, 1.807) is 6.20 Å². The summed E-state index contributed by atoms with van der Waals surface area (Å²) in [7, 11) is -2.25. The molecule has 2 rings (SSSR count). The van der Waals surface area contributed by atoms with Crippen LogP contribution in [-0.4, -0.2) is 64.0 Å². The molecule has 2 heterocycles. The predicted molar refractivity (Wildman–Crippen MR) is 126 cm³/mol. The van der Waals surface area contributed by atoms with Crippen LogP contribution in [0.3, 0.4) is 0 Å². The molecule has 2 N–H and O–H groups in total. The van der Waals surface area contributed by atoms with E-state index in [4.69, 9.17) is 15.2 Å². The number of nitrogens with zero attached hydrogens (tertiary/aromatic N) is 4. The first kappa shape index (κ1) is 24.0. The highest BCUT2D eigenvalue weighted by atomic mass is 28.3. The number of ether oxygens (including phenoxy) is 2. The number of hydrogen-bond donors (Lipinski definition) is 1. The molecule has 0 bridgehead atoms. The Morgan fingerprint density at radius 1 is 1.00 bits per heavy atom. The zero-order valence-corrected chi connectivity index (χ0v) is 21.1. The van der Waals surface area contributed by atoms with E-state index < -0.39 is 16.1 Å². The van der Waals surface area contributed by atoms with Crippen molar-refractivity contribution in [2.75, 3.05) is 38.1 Å². The summed E-state index contributed by atoms with van der Waals surface area (Å²) in [5.41, 5.74) is 7.55. The molecule has 0 unspecified atom stereocenters. The van der Waals surface area contributed by atoms with Gasteiger partial charge >= 0.3 is 0 Å². The first-order chi connectivity index (χ1) is 13.6. The molecule has 0 fully saturated rings. The Labute approximate surface area is 177 Å². The normalized spacial score (nSPS) is 12.7. The average Bonchev–Trinajstić information content (AvgIpc) is 3.07. The molecule has 0 aliphatic rings. The third kappa shape index (κ3) is 8.55. The zero-order valence-electron chi connectivity index (χ0n) is 19.1. The molecule has 0 radical (unpaired) electrons. The Morgan fingerprint density at radius 3 is 2.10 bits per heavy atom. The number of fused-ring (bicyclic) bond motifs is 1. The Kier molecular flexibility index (Phi) is 8.83. The number of anilines is 1. The van der Waals surface area contributed by atoms with Crippen LogP contribution in [0.5, 0.6) is 0 Å². The number of aromatic nitrogens is 3. The molecule has 9 heteroatoms. The van der Waals surface area contributed by atoms with Gasteiger partial charge < -0.3 is 20.1 Å². The van der Waals surface area contributed by atoms with Gasteiger partial charge in [-0.1, -0.05) is 39.3 Å². The van der Waals surface area contributed by atoms with E-state index in [1.807, 2.05) is 10.6 Å². The Morgan fingerprint density at radius 2 is 1.59 bits per heavy atom.